The van der Waals surface area contributed by atoms with Crippen LogP contribution in [0.5, 0.6) is 0 Å². The van der Waals surface area contributed by atoms with E-state index in [2.05, 4.69) is 50.4 Å². The highest BCUT2D eigenvalue weighted by atomic mass is 28.3. The molecule has 0 aliphatic carbocycles. The molecule has 3 aromatic rings. The Morgan fingerprint density at radius 3 is 2.21 bits per heavy atom. The average molecular weight is 608 g/mol. The summed E-state index contributed by atoms with van der Waals surface area (Å²) in [6, 6.07) is 9.97. The molecule has 0 spiro atoms. The summed E-state index contributed by atoms with van der Waals surface area (Å²) in [7, 11) is -1.25. The predicted octanol–water partition coefficient (Wildman–Crippen LogP) is 7.90. The number of likely N-dealkylation sites (tertiary alicyclic amines) is 1. The summed E-state index contributed by atoms with van der Waals surface area (Å²) in [4.78, 5) is 2.44. The molecule has 0 atom stereocenters. The van der Waals surface area contributed by atoms with Crippen LogP contribution in [0.3, 0.4) is 0 Å². The fraction of sp³-hybridized carbons (Fsp3) is 0.594. The van der Waals surface area contributed by atoms with Crippen LogP contribution in [-0.4, -0.2) is 61.2 Å². The van der Waals surface area contributed by atoms with Gasteiger partial charge in [-0.15, -0.1) is 0 Å². The van der Waals surface area contributed by atoms with Crippen molar-refractivity contribution in [2.45, 2.75) is 89.6 Å². The van der Waals surface area contributed by atoms with E-state index in [9.17, 15) is 17.6 Å². The number of aromatic nitrogens is 2. The van der Waals surface area contributed by atoms with Gasteiger partial charge in [-0.05, 0) is 94.6 Å². The summed E-state index contributed by atoms with van der Waals surface area (Å²) >= 11 is 0. The Hall–Kier alpha value is -2.27. The molecule has 1 saturated heterocycles. The minimum absolute atomic E-state index is 0.0491. The summed E-state index contributed by atoms with van der Waals surface area (Å²) in [5.41, 5.74) is 1.14. The zero-order valence-electron chi connectivity index (χ0n) is 25.8. The van der Waals surface area contributed by atoms with Crippen molar-refractivity contribution in [3.05, 3.63) is 65.1 Å². The molecule has 0 unspecified atom stereocenters. The van der Waals surface area contributed by atoms with Crippen molar-refractivity contribution in [1.29, 1.82) is 0 Å². The zero-order valence-corrected chi connectivity index (χ0v) is 26.8. The molecule has 2 heterocycles. The van der Waals surface area contributed by atoms with Gasteiger partial charge < -0.3 is 9.47 Å². The van der Waals surface area contributed by atoms with Crippen molar-refractivity contribution in [3.8, 4) is 0 Å². The third-order valence-corrected chi connectivity index (χ3v) is 10.0. The molecule has 0 radical (unpaired) electrons. The van der Waals surface area contributed by atoms with Crippen molar-refractivity contribution < 1.29 is 27.0 Å². The van der Waals surface area contributed by atoms with E-state index in [0.717, 1.165) is 43.6 Å². The van der Waals surface area contributed by atoms with Crippen molar-refractivity contribution in [2.24, 2.45) is 0 Å². The molecule has 0 bridgehead atoms. The minimum Gasteiger partial charge on any atom is -0.380 e. The lowest BCUT2D eigenvalue weighted by atomic mass is 9.72. The lowest BCUT2D eigenvalue weighted by molar-refractivity contribution is -0.137. The number of halogens is 4. The fourth-order valence-corrected chi connectivity index (χ4v) is 6.35. The van der Waals surface area contributed by atoms with E-state index in [1.807, 2.05) is 12.1 Å². The van der Waals surface area contributed by atoms with Crippen LogP contribution in [0.15, 0.2) is 42.6 Å². The highest BCUT2D eigenvalue weighted by Gasteiger charge is 2.39. The first-order chi connectivity index (χ1) is 19.6. The quantitative estimate of drug-likeness (QED) is 0.126. The summed E-state index contributed by atoms with van der Waals surface area (Å²) in [6.45, 7) is 16.6. The van der Waals surface area contributed by atoms with Gasteiger partial charge in [0.05, 0.1) is 24.3 Å². The normalized spacial score (nSPS) is 16.8. The molecule has 2 aromatic carbocycles. The third kappa shape index (κ3) is 8.42. The number of benzene rings is 2. The molecule has 0 amide bonds. The lowest BCUT2D eigenvalue weighted by Gasteiger charge is -2.46. The van der Waals surface area contributed by atoms with Gasteiger partial charge in [-0.3, -0.25) is 4.90 Å². The highest BCUT2D eigenvalue weighted by molar-refractivity contribution is 6.76. The number of nitrogens with zero attached hydrogens (tertiary/aromatic N) is 3. The Labute approximate surface area is 248 Å². The highest BCUT2D eigenvalue weighted by Crippen LogP contribution is 2.38. The van der Waals surface area contributed by atoms with Gasteiger partial charge in [0.2, 0.25) is 0 Å². The molecule has 1 aromatic heterocycles. The molecular formula is C32H45F4N3O2Si. The molecule has 4 rings (SSSR count). The van der Waals surface area contributed by atoms with Crippen molar-refractivity contribution in [3.63, 3.8) is 0 Å². The van der Waals surface area contributed by atoms with Crippen LogP contribution in [-0.2, 0) is 34.2 Å². The van der Waals surface area contributed by atoms with E-state index < -0.39 is 19.8 Å². The van der Waals surface area contributed by atoms with Crippen LogP contribution in [0, 0.1) is 5.82 Å². The van der Waals surface area contributed by atoms with Gasteiger partial charge in [-0.2, -0.15) is 18.3 Å². The van der Waals surface area contributed by atoms with E-state index in [1.54, 1.807) is 10.9 Å². The van der Waals surface area contributed by atoms with Crippen molar-refractivity contribution in [1.82, 2.24) is 14.7 Å². The molecule has 5 nitrogen and oxygen atoms in total. The van der Waals surface area contributed by atoms with E-state index in [0.29, 0.717) is 36.1 Å². The first-order valence-electron chi connectivity index (χ1n) is 14.8. The fourth-order valence-electron chi connectivity index (χ4n) is 5.59. The second-order valence-corrected chi connectivity index (χ2v) is 19.5. The maximum atomic E-state index is 13.8. The van der Waals surface area contributed by atoms with E-state index in [-0.39, 0.29) is 30.1 Å². The molecular weight excluding hydrogens is 562 g/mol. The third-order valence-electron chi connectivity index (χ3n) is 8.30. The monoisotopic (exact) mass is 607 g/mol. The summed E-state index contributed by atoms with van der Waals surface area (Å²) < 4.78 is 68.6. The molecule has 1 aliphatic rings. The van der Waals surface area contributed by atoms with Crippen LogP contribution in [0.4, 0.5) is 17.6 Å². The van der Waals surface area contributed by atoms with Crippen LogP contribution >= 0.6 is 0 Å². The van der Waals surface area contributed by atoms with Crippen LogP contribution in [0.1, 0.15) is 50.3 Å². The predicted molar refractivity (Wildman–Crippen MR) is 162 cm³/mol. The molecule has 0 N–H and O–H groups in total. The van der Waals surface area contributed by atoms with Gasteiger partial charge in [0.1, 0.15) is 12.5 Å². The molecule has 232 valence electrons. The Bertz CT molecular complexity index is 1320. The number of fused-ring (bicyclic) bond motifs is 1. The average Bonchev–Trinajstić information content (AvgIpc) is 3.31. The summed E-state index contributed by atoms with van der Waals surface area (Å²) in [5, 5.41) is 5.01. The standard InChI is InChI=1S/C32H45F4N3O2Si/c1-30(2,3)38-14-12-31(13-15-38,26-7-9-28(33)10-8-26)22-40-16-11-24-19-27(32(34,35)36)20-25-21-39(37-29(24)25)23-41-17-18-42(4,5)6/h7-10,19-21H,11-18,22-23H2,1-6H3. The maximum absolute atomic E-state index is 13.8. The lowest BCUT2D eigenvalue weighted by Crippen LogP contribution is -2.51. The van der Waals surface area contributed by atoms with Gasteiger partial charge in [0.15, 0.2) is 0 Å². The van der Waals surface area contributed by atoms with Crippen LogP contribution < -0.4 is 0 Å². The minimum atomic E-state index is -4.46. The summed E-state index contributed by atoms with van der Waals surface area (Å²) in [5.74, 6) is -0.281. The van der Waals surface area contributed by atoms with Gasteiger partial charge in [0, 0.05) is 37.2 Å². The number of piperidine rings is 1. The van der Waals surface area contributed by atoms with E-state index >= 15 is 0 Å². The van der Waals surface area contributed by atoms with E-state index in [4.69, 9.17) is 9.47 Å². The topological polar surface area (TPSA) is 39.5 Å². The van der Waals surface area contributed by atoms with Crippen molar-refractivity contribution >= 4 is 19.0 Å². The van der Waals surface area contributed by atoms with Crippen LogP contribution in [0.2, 0.25) is 25.7 Å². The molecule has 1 fully saturated rings. The molecule has 0 saturated carbocycles. The number of rotatable bonds is 11. The van der Waals surface area contributed by atoms with Gasteiger partial charge in [-0.1, -0.05) is 31.8 Å². The Morgan fingerprint density at radius 2 is 1.62 bits per heavy atom. The second-order valence-electron chi connectivity index (χ2n) is 13.8. The largest absolute Gasteiger partial charge is 0.416 e. The second kappa shape index (κ2) is 12.8. The van der Waals surface area contributed by atoms with Crippen molar-refractivity contribution in [2.75, 3.05) is 32.9 Å². The van der Waals surface area contributed by atoms with Gasteiger partial charge >= 0.3 is 6.18 Å². The van der Waals surface area contributed by atoms with Crippen LogP contribution in [0.25, 0.3) is 10.9 Å². The smallest absolute Gasteiger partial charge is 0.380 e. The number of hydrogen-bond acceptors (Lipinski definition) is 4. The number of alkyl halides is 3. The number of ether oxygens (including phenoxy) is 2. The Balaban J connectivity index is 1.48. The molecule has 42 heavy (non-hydrogen) atoms. The SMILES string of the molecule is CC(C)(C)N1CCC(COCCc2cc(C(F)(F)F)cc3cn(COCC[Si](C)(C)C)nc23)(c2ccc(F)cc2)CC1. The number of hydrogen-bond donors (Lipinski definition) is 0. The Kier molecular flexibility index (Phi) is 9.91. The van der Waals surface area contributed by atoms with E-state index in [1.165, 1.54) is 18.2 Å². The first-order valence-corrected chi connectivity index (χ1v) is 18.5. The molecule has 1 aliphatic heterocycles. The first kappa shape index (κ1) is 32.6. The maximum Gasteiger partial charge on any atom is 0.416 e. The zero-order chi connectivity index (χ0) is 30.8. The molecule has 10 heteroatoms. The van der Waals surface area contributed by atoms with Gasteiger partial charge in [0.25, 0.3) is 0 Å². The van der Waals surface area contributed by atoms with Gasteiger partial charge in [-0.25, -0.2) is 9.07 Å². The Morgan fingerprint density at radius 1 is 0.952 bits per heavy atom. The summed E-state index contributed by atoms with van der Waals surface area (Å²) in [6.07, 6.45) is -0.845.